The molecule has 16 heteroatoms. The van der Waals surface area contributed by atoms with Gasteiger partial charge in [-0.05, 0) is 69.0 Å². The summed E-state index contributed by atoms with van der Waals surface area (Å²) in [6.45, 7) is 5.52. The SMILES string of the molecule is CN(C)C(=O)c1cc2cnc(Nc3ccc(N4CCN(CCCCCCNc5cccc6c5C(=O)N(C5CCC(=O)NC5=O)C6=O)CC4)cn3)nc2n1C1CCCC1. The van der Waals surface area contributed by atoms with Gasteiger partial charge in [0.2, 0.25) is 17.8 Å². The summed E-state index contributed by atoms with van der Waals surface area (Å²) in [5, 5.41) is 9.70. The number of nitrogens with zero attached hydrogens (tertiary/aromatic N) is 8. The highest BCUT2D eigenvalue weighted by molar-refractivity contribution is 6.25. The lowest BCUT2D eigenvalue weighted by atomic mass is 10.0. The molecule has 8 rings (SSSR count). The summed E-state index contributed by atoms with van der Waals surface area (Å²) < 4.78 is 2.11. The van der Waals surface area contributed by atoms with E-state index >= 15 is 0 Å². The number of nitrogens with one attached hydrogen (secondary N) is 3. The molecule has 6 heterocycles. The molecule has 0 radical (unpaired) electrons. The number of carbonyl (C=O) groups excluding carboxylic acids is 5. The Kier molecular flexibility index (Phi) is 11.4. The van der Waals surface area contributed by atoms with Crippen molar-refractivity contribution in [3.63, 3.8) is 0 Å². The average molecular weight is 790 g/mol. The van der Waals surface area contributed by atoms with Crippen molar-refractivity contribution in [3.05, 3.63) is 65.6 Å². The Hall–Kier alpha value is -5.90. The Labute approximate surface area is 337 Å². The van der Waals surface area contributed by atoms with Crippen molar-refractivity contribution in [2.24, 2.45) is 0 Å². The van der Waals surface area contributed by atoms with Crippen LogP contribution in [0.3, 0.4) is 0 Å². The van der Waals surface area contributed by atoms with Crippen molar-refractivity contribution < 1.29 is 24.0 Å². The smallest absolute Gasteiger partial charge is 0.270 e. The highest BCUT2D eigenvalue weighted by atomic mass is 16.2. The van der Waals surface area contributed by atoms with E-state index in [4.69, 9.17) is 4.98 Å². The lowest BCUT2D eigenvalue weighted by molar-refractivity contribution is -0.136. The molecule has 3 N–H and O–H groups in total. The summed E-state index contributed by atoms with van der Waals surface area (Å²) in [6.07, 6.45) is 12.4. The molecule has 58 heavy (non-hydrogen) atoms. The molecule has 1 unspecified atom stereocenters. The lowest BCUT2D eigenvalue weighted by Crippen LogP contribution is -2.54. The van der Waals surface area contributed by atoms with Gasteiger partial charge >= 0.3 is 0 Å². The molecule has 1 aliphatic carbocycles. The number of piperazine rings is 1. The fraction of sp³-hybridized carbons (Fsp3) is 0.476. The first-order chi connectivity index (χ1) is 28.2. The van der Waals surface area contributed by atoms with Crippen LogP contribution in [0.15, 0.2) is 48.8 Å². The van der Waals surface area contributed by atoms with Crippen LogP contribution >= 0.6 is 0 Å². The predicted molar refractivity (Wildman–Crippen MR) is 219 cm³/mol. The van der Waals surface area contributed by atoms with Crippen molar-refractivity contribution in [2.75, 3.05) is 68.9 Å². The maximum atomic E-state index is 13.3. The van der Waals surface area contributed by atoms with Gasteiger partial charge in [-0.3, -0.25) is 39.1 Å². The third-order valence-electron chi connectivity index (χ3n) is 11.8. The Balaban J connectivity index is 0.762. The van der Waals surface area contributed by atoms with Gasteiger partial charge in [-0.15, -0.1) is 0 Å². The van der Waals surface area contributed by atoms with Crippen LogP contribution in [0.5, 0.6) is 0 Å². The molecule has 304 valence electrons. The zero-order valence-corrected chi connectivity index (χ0v) is 33.2. The summed E-state index contributed by atoms with van der Waals surface area (Å²) in [5.41, 5.74) is 3.67. The van der Waals surface area contributed by atoms with E-state index in [1.807, 2.05) is 18.3 Å². The first-order valence-electron chi connectivity index (χ1n) is 20.5. The minimum Gasteiger partial charge on any atom is -0.384 e. The number of hydrogen-bond acceptors (Lipinski definition) is 12. The van der Waals surface area contributed by atoms with Crippen LogP contribution in [0, 0.1) is 0 Å². The van der Waals surface area contributed by atoms with Gasteiger partial charge in [0.05, 0.1) is 23.0 Å². The third kappa shape index (κ3) is 7.97. The summed E-state index contributed by atoms with van der Waals surface area (Å²) in [7, 11) is 3.55. The second-order valence-electron chi connectivity index (χ2n) is 15.9. The fourth-order valence-electron chi connectivity index (χ4n) is 8.68. The van der Waals surface area contributed by atoms with E-state index in [-0.39, 0.29) is 30.4 Å². The van der Waals surface area contributed by atoms with Crippen molar-refractivity contribution in [1.82, 2.24) is 39.5 Å². The molecule has 3 aliphatic heterocycles. The number of aromatic nitrogens is 4. The van der Waals surface area contributed by atoms with Gasteiger partial charge in [0.25, 0.3) is 17.7 Å². The summed E-state index contributed by atoms with van der Waals surface area (Å²) >= 11 is 0. The number of benzene rings is 1. The van der Waals surface area contributed by atoms with Crippen LogP contribution in [0.1, 0.15) is 101 Å². The van der Waals surface area contributed by atoms with Crippen molar-refractivity contribution in [2.45, 2.75) is 76.3 Å². The molecule has 1 saturated carbocycles. The van der Waals surface area contributed by atoms with Gasteiger partial charge in [-0.2, -0.15) is 4.98 Å². The minimum atomic E-state index is -0.977. The average Bonchev–Trinajstić information content (AvgIpc) is 3.95. The predicted octanol–water partition coefficient (Wildman–Crippen LogP) is 4.58. The number of anilines is 4. The van der Waals surface area contributed by atoms with Gasteiger partial charge in [-0.25, -0.2) is 9.97 Å². The van der Waals surface area contributed by atoms with E-state index in [2.05, 4.69) is 46.4 Å². The van der Waals surface area contributed by atoms with Crippen LogP contribution in [-0.2, 0) is 9.59 Å². The zero-order valence-electron chi connectivity index (χ0n) is 33.2. The highest BCUT2D eigenvalue weighted by Crippen LogP contribution is 2.35. The van der Waals surface area contributed by atoms with Crippen LogP contribution in [0.2, 0.25) is 0 Å². The quantitative estimate of drug-likeness (QED) is 0.120. The van der Waals surface area contributed by atoms with Gasteiger partial charge < -0.3 is 25.0 Å². The van der Waals surface area contributed by atoms with Crippen LogP contribution < -0.4 is 20.9 Å². The number of imide groups is 2. The van der Waals surface area contributed by atoms with E-state index in [0.717, 1.165) is 106 Å². The van der Waals surface area contributed by atoms with E-state index in [0.29, 0.717) is 35.3 Å². The van der Waals surface area contributed by atoms with E-state index in [1.165, 1.54) is 0 Å². The lowest BCUT2D eigenvalue weighted by Gasteiger charge is -2.36. The number of carbonyl (C=O) groups is 5. The molecule has 2 saturated heterocycles. The molecule has 1 atom stereocenters. The molecule has 1 aromatic carbocycles. The first kappa shape index (κ1) is 38.9. The third-order valence-corrected chi connectivity index (χ3v) is 11.8. The molecule has 3 fully saturated rings. The molecular weight excluding hydrogens is 739 g/mol. The van der Waals surface area contributed by atoms with E-state index in [1.54, 1.807) is 43.4 Å². The minimum absolute atomic E-state index is 0.0308. The van der Waals surface area contributed by atoms with Crippen molar-refractivity contribution in [3.8, 4) is 0 Å². The number of rotatable bonds is 14. The van der Waals surface area contributed by atoms with Crippen LogP contribution in [-0.4, -0.2) is 123 Å². The number of amides is 5. The van der Waals surface area contributed by atoms with Gasteiger partial charge in [0.15, 0.2) is 0 Å². The monoisotopic (exact) mass is 789 g/mol. The normalized spacial score (nSPS) is 18.9. The Bertz CT molecular complexity index is 2210. The maximum Gasteiger partial charge on any atom is 0.270 e. The molecule has 16 nitrogen and oxygen atoms in total. The second-order valence-corrected chi connectivity index (χ2v) is 15.9. The molecule has 4 aliphatic rings. The van der Waals surface area contributed by atoms with Gasteiger partial charge in [-0.1, -0.05) is 31.7 Å². The molecule has 3 aromatic heterocycles. The van der Waals surface area contributed by atoms with E-state index in [9.17, 15) is 24.0 Å². The number of piperidine rings is 1. The van der Waals surface area contributed by atoms with Crippen LogP contribution in [0.25, 0.3) is 11.0 Å². The Morgan fingerprint density at radius 1 is 0.897 bits per heavy atom. The topological polar surface area (TPSA) is 178 Å². The molecule has 0 bridgehead atoms. The molecule has 5 amide bonds. The Morgan fingerprint density at radius 2 is 1.69 bits per heavy atom. The van der Waals surface area contributed by atoms with Gasteiger partial charge in [0, 0.05) is 76.6 Å². The standard InChI is InChI=1S/C42H51N11O5/c1-49(2)40(57)33-24-27-25-45-42(48-37(27)52(33)28-10-5-6-11-28)46-34-16-14-29(26-44-34)51-22-20-50(21-23-51)19-8-4-3-7-18-43-31-13-9-12-30-36(31)41(58)53(39(30)56)32-15-17-35(54)47-38(32)55/h9,12-14,16,24-26,28,32,43H,3-8,10-11,15,17-23H2,1-2H3,(H,47,54,55)(H,44,45,46,48). The van der Waals surface area contributed by atoms with Crippen LogP contribution in [0.4, 0.5) is 23.1 Å². The fourth-order valence-corrected chi connectivity index (χ4v) is 8.68. The zero-order chi connectivity index (χ0) is 40.3. The molecule has 0 spiro atoms. The second kappa shape index (κ2) is 16.9. The summed E-state index contributed by atoms with van der Waals surface area (Å²) in [6, 6.07) is 10.4. The van der Waals surface area contributed by atoms with E-state index < -0.39 is 29.7 Å². The molecule has 4 aromatic rings. The van der Waals surface area contributed by atoms with Crippen molar-refractivity contribution >= 4 is 63.7 Å². The maximum absolute atomic E-state index is 13.3. The van der Waals surface area contributed by atoms with Gasteiger partial charge in [0.1, 0.15) is 23.2 Å². The summed E-state index contributed by atoms with van der Waals surface area (Å²) in [5.74, 6) is -0.916. The number of pyridine rings is 1. The summed E-state index contributed by atoms with van der Waals surface area (Å²) in [4.78, 5) is 85.1. The number of fused-ring (bicyclic) bond motifs is 2. The number of hydrogen-bond donors (Lipinski definition) is 3. The molecular formula is C42H51N11O5. The first-order valence-corrected chi connectivity index (χ1v) is 20.5. The van der Waals surface area contributed by atoms with Crippen molar-refractivity contribution in [1.29, 1.82) is 0 Å². The number of unbranched alkanes of at least 4 members (excludes halogenated alkanes) is 3. The largest absolute Gasteiger partial charge is 0.384 e. The highest BCUT2D eigenvalue weighted by Gasteiger charge is 2.45. The Morgan fingerprint density at radius 3 is 2.43 bits per heavy atom.